The molecule has 0 aromatic heterocycles. The number of unbranched alkanes of at least 4 members (excludes halogenated alkanes) is 1. The molecule has 0 bridgehead atoms. The van der Waals surface area contributed by atoms with Crippen molar-refractivity contribution in [1.29, 1.82) is 0 Å². The van der Waals surface area contributed by atoms with Gasteiger partial charge in [-0.2, -0.15) is 0 Å². The summed E-state index contributed by atoms with van der Waals surface area (Å²) >= 11 is 1.55. The van der Waals surface area contributed by atoms with Crippen LogP contribution in [0.1, 0.15) is 44.7 Å². The Morgan fingerprint density at radius 2 is 1.95 bits per heavy atom. The number of hydrogen-bond acceptors (Lipinski definition) is 3. The van der Waals surface area contributed by atoms with Crippen LogP contribution >= 0.6 is 11.8 Å². The van der Waals surface area contributed by atoms with Gasteiger partial charge < -0.3 is 10.4 Å². The third kappa shape index (κ3) is 6.47. The maximum absolute atomic E-state index is 13.0. The summed E-state index contributed by atoms with van der Waals surface area (Å²) < 4.78 is 13.0. The normalized spacial score (nSPS) is 13.4. The van der Waals surface area contributed by atoms with E-state index < -0.39 is 17.8 Å². The largest absolute Gasteiger partial charge is 0.481 e. The molecule has 2 atom stereocenters. The SMILES string of the molecule is CCCCSC(C)C(=O)NC(CC(=O)O)c1ccc(F)cc1. The smallest absolute Gasteiger partial charge is 0.305 e. The first-order valence-electron chi connectivity index (χ1n) is 7.33. The van der Waals surface area contributed by atoms with E-state index in [-0.39, 0.29) is 17.6 Å². The topological polar surface area (TPSA) is 66.4 Å². The van der Waals surface area contributed by atoms with Crippen LogP contribution in [-0.2, 0) is 9.59 Å². The number of carboxylic acids is 1. The van der Waals surface area contributed by atoms with Gasteiger partial charge in [-0.15, -0.1) is 11.8 Å². The van der Waals surface area contributed by atoms with Gasteiger partial charge in [0.05, 0.1) is 17.7 Å². The summed E-state index contributed by atoms with van der Waals surface area (Å²) in [4.78, 5) is 23.2. The highest BCUT2D eigenvalue weighted by molar-refractivity contribution is 8.00. The fourth-order valence-electron chi connectivity index (χ4n) is 1.89. The van der Waals surface area contributed by atoms with Crippen molar-refractivity contribution < 1.29 is 19.1 Å². The minimum Gasteiger partial charge on any atom is -0.481 e. The van der Waals surface area contributed by atoms with Crippen molar-refractivity contribution in [2.24, 2.45) is 0 Å². The molecular formula is C16H22FNO3S. The number of carbonyl (C=O) groups is 2. The summed E-state index contributed by atoms with van der Waals surface area (Å²) in [6, 6.07) is 4.86. The highest BCUT2D eigenvalue weighted by Crippen LogP contribution is 2.20. The number of rotatable bonds is 9. The molecule has 0 heterocycles. The van der Waals surface area contributed by atoms with Crippen LogP contribution in [0.15, 0.2) is 24.3 Å². The van der Waals surface area contributed by atoms with Crippen molar-refractivity contribution in [2.75, 3.05) is 5.75 Å². The lowest BCUT2D eigenvalue weighted by Gasteiger charge is -2.20. The van der Waals surface area contributed by atoms with Crippen molar-refractivity contribution >= 4 is 23.6 Å². The van der Waals surface area contributed by atoms with Crippen molar-refractivity contribution in [3.05, 3.63) is 35.6 Å². The average Bonchev–Trinajstić information content (AvgIpc) is 2.47. The molecule has 1 rings (SSSR count). The van der Waals surface area contributed by atoms with Gasteiger partial charge in [-0.25, -0.2) is 4.39 Å². The van der Waals surface area contributed by atoms with Gasteiger partial charge in [0.15, 0.2) is 0 Å². The van der Waals surface area contributed by atoms with E-state index >= 15 is 0 Å². The number of benzene rings is 1. The van der Waals surface area contributed by atoms with Gasteiger partial charge in [-0.05, 0) is 36.8 Å². The third-order valence-corrected chi connectivity index (χ3v) is 4.44. The maximum Gasteiger partial charge on any atom is 0.305 e. The summed E-state index contributed by atoms with van der Waals surface area (Å²) in [5, 5.41) is 11.5. The summed E-state index contributed by atoms with van der Waals surface area (Å²) in [6.45, 7) is 3.89. The number of halogens is 1. The van der Waals surface area contributed by atoms with Crippen LogP contribution in [0.2, 0.25) is 0 Å². The zero-order chi connectivity index (χ0) is 16.5. The Balaban J connectivity index is 2.70. The second-order valence-electron chi connectivity index (χ2n) is 5.08. The van der Waals surface area contributed by atoms with Crippen molar-refractivity contribution in [3.8, 4) is 0 Å². The molecule has 0 aliphatic carbocycles. The van der Waals surface area contributed by atoms with E-state index in [2.05, 4.69) is 12.2 Å². The Hall–Kier alpha value is -1.56. The van der Waals surface area contributed by atoms with Crippen LogP contribution in [0, 0.1) is 5.82 Å². The maximum atomic E-state index is 13.0. The highest BCUT2D eigenvalue weighted by atomic mass is 32.2. The predicted octanol–water partition coefficient (Wildman–Crippen LogP) is 3.38. The van der Waals surface area contributed by atoms with E-state index in [1.54, 1.807) is 18.7 Å². The van der Waals surface area contributed by atoms with E-state index in [4.69, 9.17) is 5.11 Å². The molecular weight excluding hydrogens is 305 g/mol. The summed E-state index contributed by atoms with van der Waals surface area (Å²) in [5.74, 6) is -0.712. The summed E-state index contributed by atoms with van der Waals surface area (Å²) in [7, 11) is 0. The molecule has 0 aliphatic heterocycles. The zero-order valence-corrected chi connectivity index (χ0v) is 13.7. The van der Waals surface area contributed by atoms with Crippen LogP contribution < -0.4 is 5.32 Å². The number of thioether (sulfide) groups is 1. The van der Waals surface area contributed by atoms with E-state index in [9.17, 15) is 14.0 Å². The highest BCUT2D eigenvalue weighted by Gasteiger charge is 2.21. The molecule has 0 saturated heterocycles. The molecule has 6 heteroatoms. The van der Waals surface area contributed by atoms with Crippen LogP contribution in [-0.4, -0.2) is 28.0 Å². The zero-order valence-electron chi connectivity index (χ0n) is 12.8. The van der Waals surface area contributed by atoms with E-state index in [0.717, 1.165) is 18.6 Å². The van der Waals surface area contributed by atoms with Crippen molar-refractivity contribution in [2.45, 2.75) is 44.4 Å². The molecule has 0 aliphatic rings. The monoisotopic (exact) mass is 327 g/mol. The van der Waals surface area contributed by atoms with Gasteiger partial charge in [-0.1, -0.05) is 25.5 Å². The second kappa shape index (κ2) is 9.46. The number of hydrogen-bond donors (Lipinski definition) is 2. The molecule has 0 fully saturated rings. The molecule has 4 nitrogen and oxygen atoms in total. The van der Waals surface area contributed by atoms with Gasteiger partial charge in [0, 0.05) is 0 Å². The number of aliphatic carboxylic acids is 1. The van der Waals surface area contributed by atoms with Crippen LogP contribution in [0.4, 0.5) is 4.39 Å². The van der Waals surface area contributed by atoms with Gasteiger partial charge in [-0.3, -0.25) is 9.59 Å². The average molecular weight is 327 g/mol. The molecule has 0 radical (unpaired) electrons. The first-order chi connectivity index (χ1) is 10.4. The molecule has 1 aromatic carbocycles. The van der Waals surface area contributed by atoms with Crippen molar-refractivity contribution in [1.82, 2.24) is 5.32 Å². The fourth-order valence-corrected chi connectivity index (χ4v) is 2.92. The first-order valence-corrected chi connectivity index (χ1v) is 8.38. The minimum atomic E-state index is -1.01. The molecule has 2 unspecified atom stereocenters. The number of amides is 1. The Morgan fingerprint density at radius 3 is 2.50 bits per heavy atom. The molecule has 0 saturated carbocycles. The van der Waals surface area contributed by atoms with E-state index in [1.165, 1.54) is 24.3 Å². The van der Waals surface area contributed by atoms with Crippen molar-refractivity contribution in [3.63, 3.8) is 0 Å². The predicted molar refractivity (Wildman–Crippen MR) is 86.4 cm³/mol. The lowest BCUT2D eigenvalue weighted by atomic mass is 10.0. The minimum absolute atomic E-state index is 0.198. The second-order valence-corrected chi connectivity index (χ2v) is 6.53. The van der Waals surface area contributed by atoms with Gasteiger partial charge in [0.25, 0.3) is 0 Å². The molecule has 122 valence electrons. The third-order valence-electron chi connectivity index (χ3n) is 3.20. The fraction of sp³-hybridized carbons (Fsp3) is 0.500. The van der Waals surface area contributed by atoms with Crippen LogP contribution in [0.3, 0.4) is 0 Å². The molecule has 2 N–H and O–H groups in total. The summed E-state index contributed by atoms with van der Waals surface area (Å²) in [5.41, 5.74) is 0.586. The van der Waals surface area contributed by atoms with Gasteiger partial charge in [0.2, 0.25) is 5.91 Å². The molecule has 0 spiro atoms. The standard InChI is InChI=1S/C16H22FNO3S/c1-3-4-9-22-11(2)16(21)18-14(10-15(19)20)12-5-7-13(17)8-6-12/h5-8,11,14H,3-4,9-10H2,1-2H3,(H,18,21)(H,19,20). The Labute approximate surface area is 134 Å². The number of nitrogens with one attached hydrogen (secondary N) is 1. The lowest BCUT2D eigenvalue weighted by Crippen LogP contribution is -2.35. The van der Waals surface area contributed by atoms with Gasteiger partial charge in [0.1, 0.15) is 5.82 Å². The van der Waals surface area contributed by atoms with Gasteiger partial charge >= 0.3 is 5.97 Å². The Morgan fingerprint density at radius 1 is 1.32 bits per heavy atom. The first kappa shape index (κ1) is 18.5. The lowest BCUT2D eigenvalue weighted by molar-refractivity contribution is -0.137. The number of carbonyl (C=O) groups excluding carboxylic acids is 1. The van der Waals surface area contributed by atoms with Crippen LogP contribution in [0.5, 0.6) is 0 Å². The molecule has 1 aromatic rings. The summed E-state index contributed by atoms with van der Waals surface area (Å²) in [6.07, 6.45) is 1.88. The van der Waals surface area contributed by atoms with E-state index in [1.807, 2.05) is 0 Å². The van der Waals surface area contributed by atoms with Crippen LogP contribution in [0.25, 0.3) is 0 Å². The molecule has 22 heavy (non-hydrogen) atoms. The number of carboxylic acid groups (broad SMARTS) is 1. The Bertz CT molecular complexity index is 493. The Kier molecular flexibility index (Phi) is 7.95. The van der Waals surface area contributed by atoms with E-state index in [0.29, 0.717) is 5.56 Å². The quantitative estimate of drug-likeness (QED) is 0.682. The molecule has 1 amide bonds.